The average Bonchev–Trinajstić information content (AvgIpc) is 3.15. The fourth-order valence-corrected chi connectivity index (χ4v) is 2.93. The Morgan fingerprint density at radius 2 is 2.11 bits per heavy atom. The SMILES string of the molecule is CNC(=O)c1c[nH]c2c(C(=O)NCc3ccc4c(c3)NC(=O)CO4)ncnc12. The van der Waals surface area contributed by atoms with Gasteiger partial charge in [-0.15, -0.1) is 0 Å². The number of aromatic nitrogens is 3. The molecule has 4 N–H and O–H groups in total. The number of fused-ring (bicyclic) bond motifs is 2. The zero-order valence-corrected chi connectivity index (χ0v) is 14.8. The zero-order valence-electron chi connectivity index (χ0n) is 14.8. The van der Waals surface area contributed by atoms with E-state index in [4.69, 9.17) is 4.74 Å². The van der Waals surface area contributed by atoms with Crippen molar-refractivity contribution >= 4 is 34.4 Å². The molecule has 10 nitrogen and oxygen atoms in total. The van der Waals surface area contributed by atoms with E-state index < -0.39 is 5.91 Å². The Hall–Kier alpha value is -3.95. The van der Waals surface area contributed by atoms with Crippen LogP contribution in [0, 0.1) is 0 Å². The Bertz CT molecular complexity index is 1110. The molecule has 1 aromatic carbocycles. The van der Waals surface area contributed by atoms with E-state index in [0.29, 0.717) is 28.0 Å². The molecule has 4 rings (SSSR count). The van der Waals surface area contributed by atoms with Gasteiger partial charge in [-0.2, -0.15) is 0 Å². The van der Waals surface area contributed by atoms with Gasteiger partial charge in [0.15, 0.2) is 12.3 Å². The van der Waals surface area contributed by atoms with Crippen LogP contribution in [0.25, 0.3) is 11.0 Å². The van der Waals surface area contributed by atoms with Crippen LogP contribution in [-0.2, 0) is 11.3 Å². The highest BCUT2D eigenvalue weighted by Crippen LogP contribution is 2.28. The van der Waals surface area contributed by atoms with Gasteiger partial charge in [-0.05, 0) is 17.7 Å². The van der Waals surface area contributed by atoms with Crippen molar-refractivity contribution in [3.63, 3.8) is 0 Å². The van der Waals surface area contributed by atoms with Gasteiger partial charge in [-0.1, -0.05) is 6.07 Å². The van der Waals surface area contributed by atoms with Crippen LogP contribution >= 0.6 is 0 Å². The summed E-state index contributed by atoms with van der Waals surface area (Å²) in [6.45, 7) is 0.206. The normalized spacial score (nSPS) is 12.7. The topological polar surface area (TPSA) is 138 Å². The van der Waals surface area contributed by atoms with Gasteiger partial charge in [0.1, 0.15) is 17.6 Å². The summed E-state index contributed by atoms with van der Waals surface area (Å²) in [4.78, 5) is 46.9. The van der Waals surface area contributed by atoms with E-state index in [-0.39, 0.29) is 30.7 Å². The second-order valence-corrected chi connectivity index (χ2v) is 6.08. The Kier molecular flexibility index (Phi) is 4.36. The van der Waals surface area contributed by atoms with Crippen molar-refractivity contribution in [2.75, 3.05) is 19.0 Å². The average molecular weight is 380 g/mol. The Balaban J connectivity index is 1.53. The molecule has 0 saturated carbocycles. The fraction of sp³-hybridized carbons (Fsp3) is 0.167. The number of anilines is 1. The van der Waals surface area contributed by atoms with Crippen LogP contribution in [-0.4, -0.2) is 46.3 Å². The van der Waals surface area contributed by atoms with Gasteiger partial charge in [0.25, 0.3) is 17.7 Å². The molecule has 0 radical (unpaired) electrons. The first-order chi connectivity index (χ1) is 13.6. The number of hydrogen-bond donors (Lipinski definition) is 4. The van der Waals surface area contributed by atoms with E-state index in [1.54, 1.807) is 18.2 Å². The molecule has 0 atom stereocenters. The van der Waals surface area contributed by atoms with E-state index in [9.17, 15) is 14.4 Å². The lowest BCUT2D eigenvalue weighted by Gasteiger charge is -2.18. The number of H-pyrrole nitrogens is 1. The number of nitrogens with zero attached hydrogens (tertiary/aromatic N) is 2. The van der Waals surface area contributed by atoms with Crippen LogP contribution < -0.4 is 20.7 Å². The summed E-state index contributed by atoms with van der Waals surface area (Å²) in [5.74, 6) is -0.374. The number of nitrogens with one attached hydrogen (secondary N) is 4. The summed E-state index contributed by atoms with van der Waals surface area (Å²) in [6.07, 6.45) is 2.73. The third-order valence-corrected chi connectivity index (χ3v) is 4.28. The second kappa shape index (κ2) is 6.99. The van der Waals surface area contributed by atoms with E-state index >= 15 is 0 Å². The minimum absolute atomic E-state index is 0.0129. The number of ether oxygens (including phenoxy) is 1. The molecule has 0 unspecified atom stereocenters. The lowest BCUT2D eigenvalue weighted by Crippen LogP contribution is -2.26. The molecule has 0 fully saturated rings. The minimum Gasteiger partial charge on any atom is -0.482 e. The lowest BCUT2D eigenvalue weighted by atomic mass is 10.1. The molecule has 3 heterocycles. The number of benzene rings is 1. The minimum atomic E-state index is -0.421. The Labute approximate surface area is 158 Å². The first kappa shape index (κ1) is 17.5. The van der Waals surface area contributed by atoms with Crippen molar-refractivity contribution in [3.8, 4) is 5.75 Å². The third-order valence-electron chi connectivity index (χ3n) is 4.28. The van der Waals surface area contributed by atoms with E-state index in [0.717, 1.165) is 5.56 Å². The summed E-state index contributed by atoms with van der Waals surface area (Å²) in [6, 6.07) is 5.27. The zero-order chi connectivity index (χ0) is 19.7. The molecule has 0 spiro atoms. The molecule has 142 valence electrons. The molecule has 2 aromatic heterocycles. The largest absolute Gasteiger partial charge is 0.482 e. The molecule has 1 aliphatic rings. The molecule has 10 heteroatoms. The second-order valence-electron chi connectivity index (χ2n) is 6.08. The van der Waals surface area contributed by atoms with Crippen LogP contribution in [0.2, 0.25) is 0 Å². The van der Waals surface area contributed by atoms with Crippen molar-refractivity contribution in [1.29, 1.82) is 0 Å². The van der Waals surface area contributed by atoms with Gasteiger partial charge >= 0.3 is 0 Å². The summed E-state index contributed by atoms with van der Waals surface area (Å²) < 4.78 is 5.31. The van der Waals surface area contributed by atoms with Gasteiger partial charge in [0, 0.05) is 19.8 Å². The summed E-state index contributed by atoms with van der Waals surface area (Å²) in [5.41, 5.74) is 2.56. The number of amides is 3. The molecule has 1 aliphatic heterocycles. The summed E-state index contributed by atoms with van der Waals surface area (Å²) in [5, 5.41) is 8.02. The van der Waals surface area contributed by atoms with Crippen LogP contribution in [0.4, 0.5) is 5.69 Å². The van der Waals surface area contributed by atoms with Crippen molar-refractivity contribution in [2.24, 2.45) is 0 Å². The van der Waals surface area contributed by atoms with E-state index in [1.165, 1.54) is 19.6 Å². The molecule has 0 bridgehead atoms. The maximum absolute atomic E-state index is 12.6. The quantitative estimate of drug-likeness (QED) is 0.522. The first-order valence-electron chi connectivity index (χ1n) is 8.44. The van der Waals surface area contributed by atoms with Crippen LogP contribution in [0.5, 0.6) is 5.75 Å². The fourth-order valence-electron chi connectivity index (χ4n) is 2.93. The predicted octanol–water partition coefficient (Wildman–Crippen LogP) is 0.578. The van der Waals surface area contributed by atoms with Gasteiger partial charge < -0.3 is 25.7 Å². The van der Waals surface area contributed by atoms with Crippen molar-refractivity contribution in [3.05, 3.63) is 47.5 Å². The van der Waals surface area contributed by atoms with Gasteiger partial charge in [-0.3, -0.25) is 14.4 Å². The predicted molar refractivity (Wildman–Crippen MR) is 99.0 cm³/mol. The third kappa shape index (κ3) is 3.11. The van der Waals surface area contributed by atoms with E-state index in [1.807, 2.05) is 0 Å². The smallest absolute Gasteiger partial charge is 0.272 e. The molecule has 3 amide bonds. The highest BCUT2D eigenvalue weighted by atomic mass is 16.5. The first-order valence-corrected chi connectivity index (χ1v) is 8.44. The Morgan fingerprint density at radius 3 is 2.93 bits per heavy atom. The van der Waals surface area contributed by atoms with Crippen molar-refractivity contribution in [2.45, 2.75) is 6.54 Å². The number of hydrogen-bond acceptors (Lipinski definition) is 6. The number of carbonyl (C=O) groups is 3. The molecule has 28 heavy (non-hydrogen) atoms. The highest BCUT2D eigenvalue weighted by molar-refractivity contribution is 6.10. The lowest BCUT2D eigenvalue weighted by molar-refractivity contribution is -0.118. The monoisotopic (exact) mass is 380 g/mol. The standard InChI is InChI=1S/C18H16N6O4/c1-19-17(26)10-6-20-15-14(10)22-8-23-16(15)18(27)21-5-9-2-3-12-11(4-9)24-13(25)7-28-12/h2-4,6,8,20H,5,7H2,1H3,(H,19,26)(H,21,27)(H,24,25). The number of aromatic amines is 1. The molecule has 0 aliphatic carbocycles. The maximum atomic E-state index is 12.6. The Morgan fingerprint density at radius 1 is 1.25 bits per heavy atom. The van der Waals surface area contributed by atoms with Crippen LogP contribution in [0.3, 0.4) is 0 Å². The summed E-state index contributed by atoms with van der Waals surface area (Å²) in [7, 11) is 1.52. The maximum Gasteiger partial charge on any atom is 0.272 e. The highest BCUT2D eigenvalue weighted by Gasteiger charge is 2.19. The van der Waals surface area contributed by atoms with Crippen molar-refractivity contribution < 1.29 is 19.1 Å². The van der Waals surface area contributed by atoms with E-state index in [2.05, 4.69) is 30.9 Å². The molecule has 0 saturated heterocycles. The summed E-state index contributed by atoms with van der Waals surface area (Å²) >= 11 is 0. The molecular weight excluding hydrogens is 364 g/mol. The van der Waals surface area contributed by atoms with Crippen LogP contribution in [0.1, 0.15) is 26.4 Å². The van der Waals surface area contributed by atoms with Gasteiger partial charge in [-0.25, -0.2) is 9.97 Å². The van der Waals surface area contributed by atoms with Gasteiger partial charge in [0.2, 0.25) is 0 Å². The van der Waals surface area contributed by atoms with Crippen molar-refractivity contribution in [1.82, 2.24) is 25.6 Å². The number of rotatable bonds is 4. The molecule has 3 aromatic rings. The molecular formula is C18H16N6O4. The number of carbonyl (C=O) groups excluding carboxylic acids is 3. The van der Waals surface area contributed by atoms with Crippen LogP contribution in [0.15, 0.2) is 30.7 Å². The van der Waals surface area contributed by atoms with Gasteiger partial charge in [0.05, 0.1) is 16.8 Å².